The summed E-state index contributed by atoms with van der Waals surface area (Å²) in [6.07, 6.45) is 3.00. The Morgan fingerprint density at radius 3 is 2.83 bits per heavy atom. The smallest absolute Gasteiger partial charge is 0.273 e. The SMILES string of the molecule is CN1CC[C@H]2[C@@H](CCCN2C(=O)c2ccc([N+](=O)[O-])cc2O)C1. The summed E-state index contributed by atoms with van der Waals surface area (Å²) in [5.74, 6) is -0.0810. The standard InChI is InChI=1S/C16H21N3O4/c1-17-8-6-14-11(10-17)3-2-7-18(14)16(21)13-5-4-12(19(22)23)9-15(13)20/h4-5,9,11,14,20H,2-3,6-8,10H2,1H3/t11-,14-/m0/s1. The number of amides is 1. The van der Waals surface area contributed by atoms with Crippen molar-refractivity contribution in [1.29, 1.82) is 0 Å². The molecule has 0 aliphatic carbocycles. The van der Waals surface area contributed by atoms with Crippen LogP contribution in [0.15, 0.2) is 18.2 Å². The number of rotatable bonds is 2. The minimum Gasteiger partial charge on any atom is -0.507 e. The number of piperidine rings is 2. The molecule has 1 N–H and O–H groups in total. The number of carbonyl (C=O) groups is 1. The number of hydrogen-bond donors (Lipinski definition) is 1. The van der Waals surface area contributed by atoms with Gasteiger partial charge in [0.1, 0.15) is 5.75 Å². The molecule has 0 radical (unpaired) electrons. The number of nitrogens with zero attached hydrogens (tertiary/aromatic N) is 3. The van der Waals surface area contributed by atoms with E-state index in [1.54, 1.807) is 0 Å². The Labute approximate surface area is 134 Å². The van der Waals surface area contributed by atoms with Crippen LogP contribution < -0.4 is 0 Å². The third-order valence-electron chi connectivity index (χ3n) is 4.95. The molecular formula is C16H21N3O4. The number of aromatic hydroxyl groups is 1. The highest BCUT2D eigenvalue weighted by molar-refractivity contribution is 5.97. The van der Waals surface area contributed by atoms with E-state index in [2.05, 4.69) is 11.9 Å². The highest BCUT2D eigenvalue weighted by Crippen LogP contribution is 2.33. The molecular weight excluding hydrogens is 298 g/mol. The molecule has 0 spiro atoms. The zero-order valence-electron chi connectivity index (χ0n) is 13.1. The van der Waals surface area contributed by atoms with Gasteiger partial charge in [0.15, 0.2) is 0 Å². The van der Waals surface area contributed by atoms with Gasteiger partial charge in [-0.1, -0.05) is 0 Å². The van der Waals surface area contributed by atoms with E-state index >= 15 is 0 Å². The predicted octanol–water partition coefficient (Wildman–Crippen LogP) is 1.86. The lowest BCUT2D eigenvalue weighted by Gasteiger charge is -2.46. The van der Waals surface area contributed by atoms with Crippen LogP contribution in [0.1, 0.15) is 29.6 Å². The van der Waals surface area contributed by atoms with Crippen LogP contribution in [0.5, 0.6) is 5.75 Å². The average molecular weight is 319 g/mol. The van der Waals surface area contributed by atoms with Gasteiger partial charge >= 0.3 is 0 Å². The molecule has 23 heavy (non-hydrogen) atoms. The molecule has 1 aromatic carbocycles. The summed E-state index contributed by atoms with van der Waals surface area (Å²) < 4.78 is 0. The van der Waals surface area contributed by atoms with Crippen molar-refractivity contribution in [3.63, 3.8) is 0 Å². The Morgan fingerprint density at radius 2 is 2.13 bits per heavy atom. The van der Waals surface area contributed by atoms with Crippen molar-refractivity contribution in [3.8, 4) is 5.75 Å². The van der Waals surface area contributed by atoms with E-state index in [9.17, 15) is 20.0 Å². The molecule has 0 bridgehead atoms. The third kappa shape index (κ3) is 3.01. The van der Waals surface area contributed by atoms with Crippen LogP contribution in [0.25, 0.3) is 0 Å². The van der Waals surface area contributed by atoms with Crippen LogP contribution in [0.4, 0.5) is 5.69 Å². The highest BCUT2D eigenvalue weighted by Gasteiger charge is 2.38. The van der Waals surface area contributed by atoms with Crippen molar-refractivity contribution in [3.05, 3.63) is 33.9 Å². The van der Waals surface area contributed by atoms with E-state index in [0.29, 0.717) is 12.5 Å². The monoisotopic (exact) mass is 319 g/mol. The number of hydrogen-bond acceptors (Lipinski definition) is 5. The normalized spacial score (nSPS) is 25.0. The van der Waals surface area contributed by atoms with Gasteiger partial charge in [-0.05, 0) is 44.8 Å². The van der Waals surface area contributed by atoms with Gasteiger partial charge in [-0.3, -0.25) is 14.9 Å². The molecule has 0 aromatic heterocycles. The van der Waals surface area contributed by atoms with Crippen molar-refractivity contribution in [1.82, 2.24) is 9.80 Å². The average Bonchev–Trinajstić information content (AvgIpc) is 2.53. The van der Waals surface area contributed by atoms with Crippen molar-refractivity contribution in [2.24, 2.45) is 5.92 Å². The Balaban J connectivity index is 1.83. The Kier molecular flexibility index (Phi) is 4.21. The number of non-ortho nitro benzene ring substituents is 1. The number of nitro benzene ring substituents is 1. The van der Waals surface area contributed by atoms with Gasteiger partial charge in [0.05, 0.1) is 16.6 Å². The first-order chi connectivity index (χ1) is 11.0. The largest absolute Gasteiger partial charge is 0.507 e. The molecule has 0 saturated carbocycles. The summed E-state index contributed by atoms with van der Waals surface area (Å²) in [5, 5.41) is 20.8. The zero-order chi connectivity index (χ0) is 16.6. The lowest BCUT2D eigenvalue weighted by Crippen LogP contribution is -2.55. The number of fused-ring (bicyclic) bond motifs is 1. The zero-order valence-corrected chi connectivity index (χ0v) is 13.1. The minimum atomic E-state index is -0.581. The van der Waals surface area contributed by atoms with Crippen LogP contribution in [-0.2, 0) is 0 Å². The number of benzene rings is 1. The van der Waals surface area contributed by atoms with E-state index in [0.717, 1.165) is 38.4 Å². The number of carbonyl (C=O) groups excluding carboxylic acids is 1. The van der Waals surface area contributed by atoms with Gasteiger partial charge in [0.2, 0.25) is 0 Å². The molecule has 2 aliphatic heterocycles. The van der Waals surface area contributed by atoms with Crippen molar-refractivity contribution >= 4 is 11.6 Å². The topological polar surface area (TPSA) is 86.9 Å². The summed E-state index contributed by atoms with van der Waals surface area (Å²) in [5.41, 5.74) is -0.0648. The molecule has 1 aromatic rings. The molecule has 7 heteroatoms. The fourth-order valence-electron chi connectivity index (χ4n) is 3.81. The lowest BCUT2D eigenvalue weighted by atomic mass is 9.83. The molecule has 2 heterocycles. The fraction of sp³-hybridized carbons (Fsp3) is 0.562. The van der Waals surface area contributed by atoms with E-state index < -0.39 is 4.92 Å². The second-order valence-electron chi connectivity index (χ2n) is 6.48. The maximum Gasteiger partial charge on any atom is 0.273 e. The molecule has 7 nitrogen and oxygen atoms in total. The highest BCUT2D eigenvalue weighted by atomic mass is 16.6. The second kappa shape index (κ2) is 6.16. The first-order valence-corrected chi connectivity index (χ1v) is 7.94. The number of phenolic OH excluding ortho intramolecular Hbond substituents is 1. The fourth-order valence-corrected chi connectivity index (χ4v) is 3.81. The first kappa shape index (κ1) is 15.7. The first-order valence-electron chi connectivity index (χ1n) is 7.94. The molecule has 3 rings (SSSR count). The van der Waals surface area contributed by atoms with Crippen LogP contribution in [-0.4, -0.2) is 58.5 Å². The van der Waals surface area contributed by atoms with Crippen molar-refractivity contribution in [2.75, 3.05) is 26.7 Å². The summed E-state index contributed by atoms with van der Waals surface area (Å²) in [7, 11) is 2.10. The molecule has 0 unspecified atom stereocenters. The van der Waals surface area contributed by atoms with Gasteiger partial charge in [-0.25, -0.2) is 0 Å². The molecule has 124 valence electrons. The third-order valence-corrected chi connectivity index (χ3v) is 4.95. The van der Waals surface area contributed by atoms with Gasteiger partial charge in [-0.15, -0.1) is 0 Å². The van der Waals surface area contributed by atoms with Crippen LogP contribution >= 0.6 is 0 Å². The summed E-state index contributed by atoms with van der Waals surface area (Å²) in [6.45, 7) is 2.62. The van der Waals surface area contributed by atoms with E-state index in [-0.39, 0.29) is 28.9 Å². The van der Waals surface area contributed by atoms with Gasteiger partial charge < -0.3 is 14.9 Å². The van der Waals surface area contributed by atoms with Gasteiger partial charge in [0.25, 0.3) is 11.6 Å². The maximum absolute atomic E-state index is 12.8. The Bertz CT molecular complexity index is 634. The number of likely N-dealkylation sites (tertiary alicyclic amines) is 2. The van der Waals surface area contributed by atoms with Crippen LogP contribution in [0.2, 0.25) is 0 Å². The van der Waals surface area contributed by atoms with Crippen LogP contribution in [0, 0.1) is 16.0 Å². The Hall–Kier alpha value is -2.15. The maximum atomic E-state index is 12.8. The molecule has 2 aliphatic rings. The number of phenols is 1. The summed E-state index contributed by atoms with van der Waals surface area (Å²) in [4.78, 5) is 27.1. The number of nitro groups is 1. The molecule has 1 amide bonds. The molecule has 2 fully saturated rings. The summed E-state index contributed by atoms with van der Waals surface area (Å²) in [6, 6.07) is 3.86. The predicted molar refractivity (Wildman–Crippen MR) is 84.4 cm³/mol. The quantitative estimate of drug-likeness (QED) is 0.664. The van der Waals surface area contributed by atoms with E-state index in [4.69, 9.17) is 0 Å². The molecule has 2 saturated heterocycles. The van der Waals surface area contributed by atoms with Crippen molar-refractivity contribution in [2.45, 2.75) is 25.3 Å². The Morgan fingerprint density at radius 1 is 1.35 bits per heavy atom. The molecule has 2 atom stereocenters. The van der Waals surface area contributed by atoms with E-state index in [1.807, 2.05) is 4.90 Å². The second-order valence-corrected chi connectivity index (χ2v) is 6.48. The lowest BCUT2D eigenvalue weighted by molar-refractivity contribution is -0.384. The van der Waals surface area contributed by atoms with Gasteiger partial charge in [0, 0.05) is 25.2 Å². The summed E-state index contributed by atoms with van der Waals surface area (Å²) >= 11 is 0. The van der Waals surface area contributed by atoms with Crippen molar-refractivity contribution < 1.29 is 14.8 Å². The minimum absolute atomic E-state index is 0.148. The van der Waals surface area contributed by atoms with Crippen LogP contribution in [0.3, 0.4) is 0 Å². The van der Waals surface area contributed by atoms with Gasteiger partial charge in [-0.2, -0.15) is 0 Å². The van der Waals surface area contributed by atoms with E-state index in [1.165, 1.54) is 12.1 Å².